The lowest BCUT2D eigenvalue weighted by Crippen LogP contribution is -2.16. The molecule has 2 aromatic carbocycles. The van der Waals surface area contributed by atoms with Crippen LogP contribution in [0, 0.1) is 5.82 Å². The van der Waals surface area contributed by atoms with Crippen molar-refractivity contribution in [3.05, 3.63) is 47.5 Å². The molecular weight excluding hydrogens is 465 g/mol. The molecule has 1 aliphatic heterocycles. The number of anilines is 2. The van der Waals surface area contributed by atoms with Crippen LogP contribution in [0.3, 0.4) is 0 Å². The van der Waals surface area contributed by atoms with Crippen LogP contribution in [0.25, 0.3) is 10.9 Å². The number of rotatable bonds is 7. The summed E-state index contributed by atoms with van der Waals surface area (Å²) in [5.74, 6) is 1.28. The van der Waals surface area contributed by atoms with E-state index in [-0.39, 0.29) is 11.1 Å². The number of fused-ring (bicyclic) bond motifs is 1. The van der Waals surface area contributed by atoms with Crippen molar-refractivity contribution < 1.29 is 18.6 Å². The minimum Gasteiger partial charge on any atom is -0.489 e. The Hall–Kier alpha value is -2.16. The van der Waals surface area contributed by atoms with Crippen molar-refractivity contribution >= 4 is 49.9 Å². The third-order valence-corrected chi connectivity index (χ3v) is 5.01. The summed E-state index contributed by atoms with van der Waals surface area (Å²) in [5.41, 5.74) is 1.30. The number of ether oxygens (including phenoxy) is 3. The maximum Gasteiger partial charge on any atom is 0.163 e. The molecule has 6 nitrogen and oxygen atoms in total. The molecule has 0 radical (unpaired) electrons. The largest absolute Gasteiger partial charge is 0.489 e. The van der Waals surface area contributed by atoms with Gasteiger partial charge in [-0.15, -0.1) is 0 Å². The molecule has 0 bridgehead atoms. The molecule has 1 aliphatic rings. The highest BCUT2D eigenvalue weighted by molar-refractivity contribution is 9.09. The van der Waals surface area contributed by atoms with E-state index in [0.717, 1.165) is 11.8 Å². The van der Waals surface area contributed by atoms with Gasteiger partial charge in [0, 0.05) is 28.9 Å². The number of nitrogens with zero attached hydrogens (tertiary/aromatic N) is 2. The van der Waals surface area contributed by atoms with E-state index >= 15 is 0 Å². The predicted molar refractivity (Wildman–Crippen MR) is 113 cm³/mol. The Kier molecular flexibility index (Phi) is 6.32. The second kappa shape index (κ2) is 9.11. The zero-order chi connectivity index (χ0) is 20.2. The van der Waals surface area contributed by atoms with Gasteiger partial charge in [-0.05, 0) is 24.3 Å². The molecule has 1 N–H and O–H groups in total. The smallest absolute Gasteiger partial charge is 0.163 e. The average molecular weight is 483 g/mol. The first-order valence-electron chi connectivity index (χ1n) is 9.08. The van der Waals surface area contributed by atoms with Gasteiger partial charge in [0.15, 0.2) is 11.5 Å². The second-order valence-electron chi connectivity index (χ2n) is 6.43. The van der Waals surface area contributed by atoms with Crippen molar-refractivity contribution in [2.45, 2.75) is 12.5 Å². The maximum absolute atomic E-state index is 13.4. The molecule has 0 aliphatic carbocycles. The zero-order valence-electron chi connectivity index (χ0n) is 15.3. The Balaban J connectivity index is 1.70. The Morgan fingerprint density at radius 2 is 2.14 bits per heavy atom. The molecule has 0 spiro atoms. The first-order chi connectivity index (χ1) is 14.1. The van der Waals surface area contributed by atoms with Crippen molar-refractivity contribution in [3.8, 4) is 11.5 Å². The van der Waals surface area contributed by atoms with Crippen LogP contribution < -0.4 is 14.8 Å². The van der Waals surface area contributed by atoms with Crippen LogP contribution in [-0.2, 0) is 4.74 Å². The van der Waals surface area contributed by atoms with Gasteiger partial charge in [-0.25, -0.2) is 14.4 Å². The van der Waals surface area contributed by atoms with Gasteiger partial charge in [-0.3, -0.25) is 0 Å². The summed E-state index contributed by atoms with van der Waals surface area (Å²) in [5, 5.41) is 4.62. The number of halogens is 3. The van der Waals surface area contributed by atoms with Crippen LogP contribution in [0.5, 0.6) is 11.5 Å². The third kappa shape index (κ3) is 4.71. The Morgan fingerprint density at radius 1 is 1.24 bits per heavy atom. The zero-order valence-corrected chi connectivity index (χ0v) is 17.7. The lowest BCUT2D eigenvalue weighted by atomic mass is 10.2. The highest BCUT2D eigenvalue weighted by Crippen LogP contribution is 2.36. The number of alkyl halides is 1. The second-order valence-corrected chi connectivity index (χ2v) is 7.63. The molecule has 0 saturated carbocycles. The van der Waals surface area contributed by atoms with E-state index in [1.165, 1.54) is 18.5 Å². The average Bonchev–Trinajstić information content (AvgIpc) is 3.22. The highest BCUT2D eigenvalue weighted by Gasteiger charge is 2.20. The molecule has 0 amide bonds. The molecule has 3 aromatic rings. The molecule has 4 rings (SSSR count). The van der Waals surface area contributed by atoms with E-state index in [9.17, 15) is 4.39 Å². The van der Waals surface area contributed by atoms with E-state index in [1.54, 1.807) is 6.07 Å². The van der Waals surface area contributed by atoms with Crippen LogP contribution >= 0.6 is 27.5 Å². The van der Waals surface area contributed by atoms with E-state index in [0.29, 0.717) is 53.7 Å². The molecule has 29 heavy (non-hydrogen) atoms. The standard InChI is InChI=1S/C20H18BrClFN3O3/c21-4-6-28-18-8-14-17(9-19(18)29-13-3-5-27-10-13)24-11-25-20(14)26-12-1-2-16(23)15(22)7-12/h1-2,7-9,11,13H,3-6,10H2,(H,24,25,26). The van der Waals surface area contributed by atoms with E-state index in [2.05, 4.69) is 31.2 Å². The number of nitrogens with one attached hydrogen (secondary N) is 1. The fourth-order valence-corrected chi connectivity index (χ4v) is 3.36. The summed E-state index contributed by atoms with van der Waals surface area (Å²) < 4.78 is 30.8. The quantitative estimate of drug-likeness (QED) is 0.472. The molecule has 9 heteroatoms. The minimum atomic E-state index is -0.479. The molecule has 1 unspecified atom stereocenters. The number of hydrogen-bond acceptors (Lipinski definition) is 6. The third-order valence-electron chi connectivity index (χ3n) is 4.40. The first kappa shape index (κ1) is 20.1. The van der Waals surface area contributed by atoms with Crippen LogP contribution in [0.15, 0.2) is 36.7 Å². The summed E-state index contributed by atoms with van der Waals surface area (Å²) in [6.07, 6.45) is 2.27. The summed E-state index contributed by atoms with van der Waals surface area (Å²) in [7, 11) is 0. The highest BCUT2D eigenvalue weighted by atomic mass is 79.9. The van der Waals surface area contributed by atoms with Gasteiger partial charge in [0.1, 0.15) is 24.1 Å². The van der Waals surface area contributed by atoms with Crippen molar-refractivity contribution in [1.29, 1.82) is 0 Å². The van der Waals surface area contributed by atoms with Gasteiger partial charge >= 0.3 is 0 Å². The Labute approximate surface area is 180 Å². The van der Waals surface area contributed by atoms with Crippen molar-refractivity contribution in [1.82, 2.24) is 9.97 Å². The fraction of sp³-hybridized carbons (Fsp3) is 0.300. The number of benzene rings is 2. The summed E-state index contributed by atoms with van der Waals surface area (Å²) >= 11 is 9.26. The Bertz CT molecular complexity index is 1020. The monoisotopic (exact) mass is 481 g/mol. The van der Waals surface area contributed by atoms with Crippen LogP contribution in [0.1, 0.15) is 6.42 Å². The van der Waals surface area contributed by atoms with Gasteiger partial charge in [0.2, 0.25) is 0 Å². The van der Waals surface area contributed by atoms with Crippen LogP contribution in [0.4, 0.5) is 15.9 Å². The van der Waals surface area contributed by atoms with Crippen molar-refractivity contribution in [2.24, 2.45) is 0 Å². The van der Waals surface area contributed by atoms with Gasteiger partial charge in [-0.2, -0.15) is 0 Å². The molecule has 1 saturated heterocycles. The molecule has 2 heterocycles. The van der Waals surface area contributed by atoms with Crippen molar-refractivity contribution in [2.75, 3.05) is 30.5 Å². The predicted octanol–water partition coefficient (Wildman–Crippen LogP) is 5.11. The SMILES string of the molecule is Fc1ccc(Nc2ncnc3cc(OC4CCOC4)c(OCCBr)cc23)cc1Cl. The summed E-state index contributed by atoms with van der Waals surface area (Å²) in [4.78, 5) is 8.68. The van der Waals surface area contributed by atoms with Gasteiger partial charge in [0.05, 0.1) is 30.4 Å². The summed E-state index contributed by atoms with van der Waals surface area (Å²) in [6, 6.07) is 8.08. The van der Waals surface area contributed by atoms with Crippen LogP contribution in [-0.4, -0.2) is 41.2 Å². The minimum absolute atomic E-state index is 0.0143. The van der Waals surface area contributed by atoms with Gasteiger partial charge in [0.25, 0.3) is 0 Å². The topological polar surface area (TPSA) is 65.5 Å². The van der Waals surface area contributed by atoms with E-state index < -0.39 is 5.82 Å². The summed E-state index contributed by atoms with van der Waals surface area (Å²) in [6.45, 7) is 1.72. The first-order valence-corrected chi connectivity index (χ1v) is 10.6. The van der Waals surface area contributed by atoms with Crippen LogP contribution in [0.2, 0.25) is 5.02 Å². The maximum atomic E-state index is 13.4. The lowest BCUT2D eigenvalue weighted by Gasteiger charge is -2.17. The number of aromatic nitrogens is 2. The van der Waals surface area contributed by atoms with E-state index in [1.807, 2.05) is 12.1 Å². The molecule has 1 fully saturated rings. The fourth-order valence-electron chi connectivity index (χ4n) is 3.01. The Morgan fingerprint density at radius 3 is 2.90 bits per heavy atom. The lowest BCUT2D eigenvalue weighted by molar-refractivity contribution is 0.138. The molecule has 1 atom stereocenters. The van der Waals surface area contributed by atoms with E-state index in [4.69, 9.17) is 25.8 Å². The van der Waals surface area contributed by atoms with Crippen molar-refractivity contribution in [3.63, 3.8) is 0 Å². The molecule has 152 valence electrons. The van der Waals surface area contributed by atoms with Gasteiger partial charge < -0.3 is 19.5 Å². The molecule has 1 aromatic heterocycles. The molecular formula is C20H18BrClFN3O3. The normalized spacial score (nSPS) is 16.2. The van der Waals surface area contributed by atoms with Gasteiger partial charge in [-0.1, -0.05) is 27.5 Å². The number of hydrogen-bond donors (Lipinski definition) is 1.